The van der Waals surface area contributed by atoms with Crippen LogP contribution in [-0.4, -0.2) is 16.1 Å². The molecule has 66 valence electrons. The van der Waals surface area contributed by atoms with E-state index in [0.29, 0.717) is 17.0 Å². The molecule has 0 atom stereocenters. The summed E-state index contributed by atoms with van der Waals surface area (Å²) in [5.74, 6) is -0.896. The third-order valence-corrected chi connectivity index (χ3v) is 2.30. The Balaban J connectivity index is 2.49. The van der Waals surface area contributed by atoms with E-state index in [1.807, 2.05) is 0 Å². The van der Waals surface area contributed by atoms with Gasteiger partial charge in [0.25, 0.3) is 0 Å². The van der Waals surface area contributed by atoms with Crippen LogP contribution in [0.1, 0.15) is 11.1 Å². The van der Waals surface area contributed by atoms with Gasteiger partial charge in [-0.2, -0.15) is 0 Å². The Morgan fingerprint density at radius 3 is 2.92 bits per heavy atom. The fraction of sp³-hybridized carbons (Fsp3) is 0.111. The van der Waals surface area contributed by atoms with E-state index in [4.69, 9.17) is 16.7 Å². The van der Waals surface area contributed by atoms with Crippen molar-refractivity contribution in [1.82, 2.24) is 4.98 Å². The summed E-state index contributed by atoms with van der Waals surface area (Å²) in [4.78, 5) is 14.5. The number of carbonyl (C=O) groups is 1. The Hall–Kier alpha value is -1.35. The number of halogens is 1. The number of rotatable bonds is 1. The predicted octanol–water partition coefficient (Wildman–Crippen LogP) is 1.76. The molecule has 1 aliphatic carbocycles. The minimum Gasteiger partial charge on any atom is -0.478 e. The van der Waals surface area contributed by atoms with Crippen molar-refractivity contribution in [3.8, 4) is 0 Å². The lowest BCUT2D eigenvalue weighted by molar-refractivity contribution is -0.132. The molecule has 1 N–H and O–H groups in total. The van der Waals surface area contributed by atoms with Crippen molar-refractivity contribution in [2.75, 3.05) is 0 Å². The van der Waals surface area contributed by atoms with Crippen LogP contribution < -0.4 is 0 Å². The standard InChI is InChI=1S/C9H6ClNO2/c10-8-4-11-3-6-1-5(9(12)13)2-7(6)8/h2-4H,1H2,(H,12,13). The first-order valence-electron chi connectivity index (χ1n) is 3.74. The highest BCUT2D eigenvalue weighted by atomic mass is 35.5. The average Bonchev–Trinajstić information content (AvgIpc) is 2.49. The minimum atomic E-state index is -0.896. The van der Waals surface area contributed by atoms with E-state index < -0.39 is 5.97 Å². The zero-order chi connectivity index (χ0) is 9.42. The van der Waals surface area contributed by atoms with Gasteiger partial charge in [-0.15, -0.1) is 0 Å². The molecule has 0 saturated carbocycles. The molecule has 0 saturated heterocycles. The van der Waals surface area contributed by atoms with Gasteiger partial charge in [0.1, 0.15) is 0 Å². The van der Waals surface area contributed by atoms with Gasteiger partial charge in [0.05, 0.1) is 5.02 Å². The zero-order valence-electron chi connectivity index (χ0n) is 6.62. The molecular formula is C9H6ClNO2. The molecule has 1 aromatic rings. The molecule has 0 aliphatic heterocycles. The second kappa shape index (κ2) is 2.85. The molecule has 0 bridgehead atoms. The van der Waals surface area contributed by atoms with E-state index in [9.17, 15) is 4.79 Å². The maximum absolute atomic E-state index is 10.6. The van der Waals surface area contributed by atoms with Gasteiger partial charge in [0, 0.05) is 30.0 Å². The summed E-state index contributed by atoms with van der Waals surface area (Å²) in [6.07, 6.45) is 5.18. The molecule has 1 aromatic heterocycles. The first kappa shape index (κ1) is 8.26. The fourth-order valence-electron chi connectivity index (χ4n) is 1.36. The maximum Gasteiger partial charge on any atom is 0.331 e. The first-order valence-corrected chi connectivity index (χ1v) is 4.12. The van der Waals surface area contributed by atoms with Crippen LogP contribution in [0.2, 0.25) is 5.02 Å². The van der Waals surface area contributed by atoms with Crippen molar-refractivity contribution in [2.24, 2.45) is 0 Å². The van der Waals surface area contributed by atoms with Crippen molar-refractivity contribution >= 4 is 23.6 Å². The van der Waals surface area contributed by atoms with Crippen LogP contribution in [0.5, 0.6) is 0 Å². The molecule has 0 amide bonds. The molecule has 0 unspecified atom stereocenters. The summed E-state index contributed by atoms with van der Waals surface area (Å²) in [5.41, 5.74) is 2.03. The highest BCUT2D eigenvalue weighted by Gasteiger charge is 2.19. The van der Waals surface area contributed by atoms with Crippen molar-refractivity contribution in [1.29, 1.82) is 0 Å². The Morgan fingerprint density at radius 1 is 1.54 bits per heavy atom. The number of pyridine rings is 1. The van der Waals surface area contributed by atoms with Gasteiger partial charge in [-0.05, 0) is 11.6 Å². The summed E-state index contributed by atoms with van der Waals surface area (Å²) in [6, 6.07) is 0. The lowest BCUT2D eigenvalue weighted by atomic mass is 10.1. The number of aliphatic carboxylic acids is 1. The topological polar surface area (TPSA) is 50.2 Å². The van der Waals surface area contributed by atoms with E-state index in [2.05, 4.69) is 4.98 Å². The summed E-state index contributed by atoms with van der Waals surface area (Å²) in [5, 5.41) is 9.25. The van der Waals surface area contributed by atoms with Crippen LogP contribution in [0.4, 0.5) is 0 Å². The zero-order valence-corrected chi connectivity index (χ0v) is 7.38. The monoisotopic (exact) mass is 195 g/mol. The van der Waals surface area contributed by atoms with Crippen LogP contribution in [0.25, 0.3) is 6.08 Å². The first-order chi connectivity index (χ1) is 6.18. The minimum absolute atomic E-state index is 0.366. The number of nitrogens with zero attached hydrogens (tertiary/aromatic N) is 1. The van der Waals surface area contributed by atoms with Gasteiger partial charge < -0.3 is 5.11 Å². The Bertz CT molecular complexity index is 412. The van der Waals surface area contributed by atoms with Crippen molar-refractivity contribution < 1.29 is 9.90 Å². The lowest BCUT2D eigenvalue weighted by Crippen LogP contribution is -1.99. The van der Waals surface area contributed by atoms with Gasteiger partial charge >= 0.3 is 5.97 Å². The molecule has 1 aliphatic rings. The van der Waals surface area contributed by atoms with E-state index >= 15 is 0 Å². The van der Waals surface area contributed by atoms with Crippen molar-refractivity contribution in [3.05, 3.63) is 34.1 Å². The van der Waals surface area contributed by atoms with E-state index in [1.165, 1.54) is 6.20 Å². The van der Waals surface area contributed by atoms with E-state index in [-0.39, 0.29) is 0 Å². The van der Waals surface area contributed by atoms with E-state index in [1.54, 1.807) is 12.3 Å². The fourth-order valence-corrected chi connectivity index (χ4v) is 1.59. The third kappa shape index (κ3) is 1.31. The molecule has 0 fully saturated rings. The number of hydrogen-bond donors (Lipinski definition) is 1. The number of hydrogen-bond acceptors (Lipinski definition) is 2. The third-order valence-electron chi connectivity index (χ3n) is 2.00. The predicted molar refractivity (Wildman–Crippen MR) is 48.6 cm³/mol. The van der Waals surface area contributed by atoms with Crippen LogP contribution in [-0.2, 0) is 11.2 Å². The Labute approximate surface area is 79.7 Å². The molecule has 4 heteroatoms. The van der Waals surface area contributed by atoms with Gasteiger partial charge in [0.15, 0.2) is 0 Å². The SMILES string of the molecule is O=C(O)C1=Cc2c(Cl)cncc2C1. The molecule has 0 spiro atoms. The summed E-state index contributed by atoms with van der Waals surface area (Å²) in [6.45, 7) is 0. The Kier molecular flexibility index (Phi) is 1.81. The van der Waals surface area contributed by atoms with Gasteiger partial charge in [-0.1, -0.05) is 11.6 Å². The van der Waals surface area contributed by atoms with Crippen LogP contribution in [0, 0.1) is 0 Å². The van der Waals surface area contributed by atoms with Crippen LogP contribution in [0.15, 0.2) is 18.0 Å². The second-order valence-electron chi connectivity index (χ2n) is 2.85. The molecule has 13 heavy (non-hydrogen) atoms. The summed E-state index contributed by atoms with van der Waals surface area (Å²) < 4.78 is 0. The highest BCUT2D eigenvalue weighted by Crippen LogP contribution is 2.29. The van der Waals surface area contributed by atoms with E-state index in [0.717, 1.165) is 11.1 Å². The quantitative estimate of drug-likeness (QED) is 0.743. The smallest absolute Gasteiger partial charge is 0.331 e. The molecule has 0 radical (unpaired) electrons. The maximum atomic E-state index is 10.6. The number of fused-ring (bicyclic) bond motifs is 1. The van der Waals surface area contributed by atoms with Gasteiger partial charge in [0.2, 0.25) is 0 Å². The normalized spacial score (nSPS) is 13.8. The number of aromatic nitrogens is 1. The number of carboxylic acid groups (broad SMARTS) is 1. The second-order valence-corrected chi connectivity index (χ2v) is 3.25. The highest BCUT2D eigenvalue weighted by molar-refractivity contribution is 6.32. The van der Waals surface area contributed by atoms with Gasteiger partial charge in [-0.25, -0.2) is 4.79 Å². The molecule has 2 rings (SSSR count). The van der Waals surface area contributed by atoms with Gasteiger partial charge in [-0.3, -0.25) is 4.98 Å². The lowest BCUT2D eigenvalue weighted by Gasteiger charge is -1.97. The summed E-state index contributed by atoms with van der Waals surface area (Å²) >= 11 is 5.84. The molecular weight excluding hydrogens is 190 g/mol. The average molecular weight is 196 g/mol. The Morgan fingerprint density at radius 2 is 2.31 bits per heavy atom. The van der Waals surface area contributed by atoms with Crippen molar-refractivity contribution in [3.63, 3.8) is 0 Å². The van der Waals surface area contributed by atoms with Crippen molar-refractivity contribution in [2.45, 2.75) is 6.42 Å². The summed E-state index contributed by atoms with van der Waals surface area (Å²) in [7, 11) is 0. The molecule has 3 nitrogen and oxygen atoms in total. The molecule has 1 heterocycles. The van der Waals surface area contributed by atoms with Crippen LogP contribution in [0.3, 0.4) is 0 Å². The largest absolute Gasteiger partial charge is 0.478 e. The molecule has 0 aromatic carbocycles. The van der Waals surface area contributed by atoms with Crippen LogP contribution >= 0.6 is 11.6 Å². The number of carboxylic acids is 1.